The Bertz CT molecular complexity index is 1300. The van der Waals surface area contributed by atoms with Crippen LogP contribution in [0.2, 0.25) is 0 Å². The summed E-state index contributed by atoms with van der Waals surface area (Å²) in [5.41, 5.74) is -0.205. The number of nitrogens with one attached hydrogen (secondary N) is 1. The Labute approximate surface area is 193 Å². The van der Waals surface area contributed by atoms with Gasteiger partial charge in [-0.25, -0.2) is 8.42 Å². The minimum Gasteiger partial charge on any atom is -0.334 e. The van der Waals surface area contributed by atoms with Gasteiger partial charge in [0.1, 0.15) is 0 Å². The molecule has 1 fully saturated rings. The molecule has 0 radical (unpaired) electrons. The zero-order valence-electron chi connectivity index (χ0n) is 18.1. The Morgan fingerprint density at radius 2 is 1.74 bits per heavy atom. The third-order valence-corrected chi connectivity index (χ3v) is 6.98. The van der Waals surface area contributed by atoms with E-state index in [4.69, 9.17) is 4.52 Å². The van der Waals surface area contributed by atoms with Crippen molar-refractivity contribution < 1.29 is 30.9 Å². The van der Waals surface area contributed by atoms with Gasteiger partial charge < -0.3 is 9.42 Å². The molecule has 180 valence electrons. The van der Waals surface area contributed by atoms with E-state index in [2.05, 4.69) is 14.9 Å². The van der Waals surface area contributed by atoms with E-state index < -0.39 is 21.8 Å². The quantitative estimate of drug-likeness (QED) is 0.560. The van der Waals surface area contributed by atoms with Crippen LogP contribution in [0.3, 0.4) is 0 Å². The predicted molar refractivity (Wildman–Crippen MR) is 116 cm³/mol. The molecule has 0 spiro atoms. The Kier molecular flexibility index (Phi) is 6.34. The number of hydrogen-bond acceptors (Lipinski definition) is 6. The summed E-state index contributed by atoms with van der Waals surface area (Å²) in [4.78, 5) is 18.2. The number of carbonyl (C=O) groups excluding carboxylic acids is 1. The molecule has 0 saturated carbocycles. The minimum absolute atomic E-state index is 0.0215. The van der Waals surface area contributed by atoms with Crippen molar-refractivity contribution in [3.8, 4) is 11.4 Å². The molecule has 0 aliphatic carbocycles. The molecular weight excluding hydrogens is 473 g/mol. The molecule has 2 aromatic carbocycles. The van der Waals surface area contributed by atoms with Gasteiger partial charge in [-0.2, -0.15) is 18.2 Å². The third kappa shape index (κ3) is 5.06. The number of carbonyl (C=O) groups is 1. The molecule has 1 saturated heterocycles. The van der Waals surface area contributed by atoms with Crippen LogP contribution in [-0.4, -0.2) is 42.5 Å². The molecule has 34 heavy (non-hydrogen) atoms. The first-order chi connectivity index (χ1) is 16.0. The molecule has 1 aliphatic heterocycles. The molecule has 1 aromatic heterocycles. The summed E-state index contributed by atoms with van der Waals surface area (Å²) in [6.45, 7) is 2.80. The molecule has 2 heterocycles. The van der Waals surface area contributed by atoms with Crippen molar-refractivity contribution in [2.45, 2.75) is 37.3 Å². The summed E-state index contributed by atoms with van der Waals surface area (Å²) in [5, 5.41) is 3.82. The molecular formula is C22H21F3N4O4S. The van der Waals surface area contributed by atoms with Crippen molar-refractivity contribution in [3.63, 3.8) is 0 Å². The SMILES string of the molecule is Cc1ccc(-c2noc(C(=O)N3CCCCC3)n2)cc1S(=O)(=O)Nc1ccc(C(F)(F)F)cc1. The highest BCUT2D eigenvalue weighted by Gasteiger charge is 2.30. The van der Waals surface area contributed by atoms with Crippen molar-refractivity contribution in [1.29, 1.82) is 0 Å². The number of anilines is 1. The molecule has 12 heteroatoms. The van der Waals surface area contributed by atoms with Crippen molar-refractivity contribution in [1.82, 2.24) is 15.0 Å². The largest absolute Gasteiger partial charge is 0.416 e. The lowest BCUT2D eigenvalue weighted by molar-refractivity contribution is -0.137. The number of amides is 1. The van der Waals surface area contributed by atoms with E-state index >= 15 is 0 Å². The number of alkyl halides is 3. The number of halogens is 3. The summed E-state index contributed by atoms with van der Waals surface area (Å²) in [5.74, 6) is -0.501. The first-order valence-electron chi connectivity index (χ1n) is 10.5. The van der Waals surface area contributed by atoms with E-state index in [-0.39, 0.29) is 28.2 Å². The Morgan fingerprint density at radius 3 is 2.38 bits per heavy atom. The van der Waals surface area contributed by atoms with Crippen molar-refractivity contribution in [3.05, 3.63) is 59.5 Å². The molecule has 1 amide bonds. The minimum atomic E-state index is -4.53. The standard InChI is InChI=1S/C22H21F3N4O4S/c1-14-5-6-15(19-26-20(33-27-19)21(30)29-11-3-2-4-12-29)13-18(14)34(31,32)28-17-9-7-16(8-10-17)22(23,24)25/h5-10,13,28H,2-4,11-12H2,1H3. The van der Waals surface area contributed by atoms with Crippen LogP contribution >= 0.6 is 0 Å². The fraction of sp³-hybridized carbons (Fsp3) is 0.318. The number of benzene rings is 2. The van der Waals surface area contributed by atoms with Gasteiger partial charge in [0.25, 0.3) is 10.0 Å². The average molecular weight is 494 g/mol. The zero-order chi connectivity index (χ0) is 24.5. The first kappa shape index (κ1) is 23.7. The van der Waals surface area contributed by atoms with E-state index in [1.54, 1.807) is 24.0 Å². The van der Waals surface area contributed by atoms with Crippen LogP contribution in [0, 0.1) is 6.92 Å². The second-order valence-electron chi connectivity index (χ2n) is 7.94. The van der Waals surface area contributed by atoms with E-state index in [1.165, 1.54) is 6.07 Å². The number of aryl methyl sites for hydroxylation is 1. The number of sulfonamides is 1. The van der Waals surface area contributed by atoms with Gasteiger partial charge in [-0.15, -0.1) is 0 Å². The van der Waals surface area contributed by atoms with Gasteiger partial charge >= 0.3 is 18.0 Å². The number of aromatic nitrogens is 2. The maximum Gasteiger partial charge on any atom is 0.416 e. The van der Waals surface area contributed by atoms with Gasteiger partial charge in [0, 0.05) is 24.3 Å². The lowest BCUT2D eigenvalue weighted by atomic mass is 10.1. The van der Waals surface area contributed by atoms with Gasteiger partial charge in [-0.1, -0.05) is 17.3 Å². The summed E-state index contributed by atoms with van der Waals surface area (Å²) < 4.78 is 71.6. The van der Waals surface area contributed by atoms with Crippen LogP contribution in [0.4, 0.5) is 18.9 Å². The maximum absolute atomic E-state index is 12.9. The lowest BCUT2D eigenvalue weighted by Crippen LogP contribution is -2.35. The highest BCUT2D eigenvalue weighted by molar-refractivity contribution is 7.92. The van der Waals surface area contributed by atoms with E-state index in [0.717, 1.165) is 43.5 Å². The molecule has 0 bridgehead atoms. The van der Waals surface area contributed by atoms with Crippen molar-refractivity contribution in [2.24, 2.45) is 0 Å². The molecule has 4 rings (SSSR count). The summed E-state index contributed by atoms with van der Waals surface area (Å²) in [6.07, 6.45) is -1.67. The Hall–Kier alpha value is -3.41. The fourth-order valence-corrected chi connectivity index (χ4v) is 4.96. The summed E-state index contributed by atoms with van der Waals surface area (Å²) in [7, 11) is -4.14. The second kappa shape index (κ2) is 9.09. The van der Waals surface area contributed by atoms with Crippen molar-refractivity contribution >= 4 is 21.6 Å². The first-order valence-corrected chi connectivity index (χ1v) is 12.0. The van der Waals surface area contributed by atoms with Crippen LogP contribution in [0.5, 0.6) is 0 Å². The number of likely N-dealkylation sites (tertiary alicyclic amines) is 1. The average Bonchev–Trinajstić information content (AvgIpc) is 3.29. The van der Waals surface area contributed by atoms with Crippen molar-refractivity contribution in [2.75, 3.05) is 17.8 Å². The van der Waals surface area contributed by atoms with Crippen LogP contribution in [0.15, 0.2) is 51.9 Å². The number of piperidine rings is 1. The number of rotatable bonds is 5. The van der Waals surface area contributed by atoms with Gasteiger partial charge in [-0.05, 0) is 62.1 Å². The monoisotopic (exact) mass is 494 g/mol. The smallest absolute Gasteiger partial charge is 0.334 e. The Morgan fingerprint density at radius 1 is 1.06 bits per heavy atom. The Balaban J connectivity index is 1.57. The predicted octanol–water partition coefficient (Wildman–Crippen LogP) is 4.49. The van der Waals surface area contributed by atoms with E-state index in [0.29, 0.717) is 24.2 Å². The molecule has 1 N–H and O–H groups in total. The van der Waals surface area contributed by atoms with Gasteiger partial charge in [0.05, 0.1) is 10.5 Å². The van der Waals surface area contributed by atoms with Gasteiger partial charge in [0.15, 0.2) is 0 Å². The van der Waals surface area contributed by atoms with Crippen LogP contribution < -0.4 is 4.72 Å². The fourth-order valence-electron chi connectivity index (χ4n) is 3.63. The van der Waals surface area contributed by atoms with Crippen LogP contribution in [0.25, 0.3) is 11.4 Å². The summed E-state index contributed by atoms with van der Waals surface area (Å²) in [6, 6.07) is 8.12. The normalized spacial score (nSPS) is 14.8. The third-order valence-electron chi connectivity index (χ3n) is 5.45. The molecule has 1 aliphatic rings. The maximum atomic E-state index is 12.9. The molecule has 3 aromatic rings. The second-order valence-corrected chi connectivity index (χ2v) is 9.59. The molecule has 8 nitrogen and oxygen atoms in total. The van der Waals surface area contributed by atoms with E-state index in [1.807, 2.05) is 0 Å². The topological polar surface area (TPSA) is 105 Å². The van der Waals surface area contributed by atoms with Gasteiger partial charge in [-0.3, -0.25) is 9.52 Å². The number of nitrogens with zero attached hydrogens (tertiary/aromatic N) is 3. The molecule has 0 unspecified atom stereocenters. The highest BCUT2D eigenvalue weighted by atomic mass is 32.2. The molecule has 0 atom stereocenters. The van der Waals surface area contributed by atoms with Crippen LogP contribution in [0.1, 0.15) is 41.1 Å². The van der Waals surface area contributed by atoms with E-state index in [9.17, 15) is 26.4 Å². The lowest BCUT2D eigenvalue weighted by Gasteiger charge is -2.24. The van der Waals surface area contributed by atoms with Crippen LogP contribution in [-0.2, 0) is 16.2 Å². The number of hydrogen-bond donors (Lipinski definition) is 1. The zero-order valence-corrected chi connectivity index (χ0v) is 18.9. The van der Waals surface area contributed by atoms with Gasteiger partial charge in [0.2, 0.25) is 5.82 Å². The highest BCUT2D eigenvalue weighted by Crippen LogP contribution is 2.31. The summed E-state index contributed by atoms with van der Waals surface area (Å²) >= 11 is 0.